The van der Waals surface area contributed by atoms with E-state index in [0.29, 0.717) is 11.0 Å². The molecular formula is C19H21N3O8. The van der Waals surface area contributed by atoms with Crippen LogP contribution in [-0.2, 0) is 28.7 Å². The number of rotatable bonds is 9. The molecule has 160 valence electrons. The Kier molecular flexibility index (Phi) is 7.50. The van der Waals surface area contributed by atoms with Gasteiger partial charge in [0, 0.05) is 11.6 Å². The SMILES string of the molecule is C=C(C)C(=O)OCCNC(=O)C(C(=O)OCC)C(=O)Oc1ccc2[nH]c(=O)[nH]c2c1. The quantitative estimate of drug-likeness (QED) is 0.171. The molecule has 0 bridgehead atoms. The summed E-state index contributed by atoms with van der Waals surface area (Å²) in [6.07, 6.45) is 0. The number of aromatic amines is 2. The van der Waals surface area contributed by atoms with Gasteiger partial charge in [-0.25, -0.2) is 9.59 Å². The topological polar surface area (TPSA) is 157 Å². The van der Waals surface area contributed by atoms with Crippen molar-refractivity contribution in [3.63, 3.8) is 0 Å². The number of nitrogens with one attached hydrogen (secondary N) is 3. The van der Waals surface area contributed by atoms with Crippen molar-refractivity contribution in [2.75, 3.05) is 19.8 Å². The summed E-state index contributed by atoms with van der Waals surface area (Å²) >= 11 is 0. The zero-order valence-electron chi connectivity index (χ0n) is 16.4. The summed E-state index contributed by atoms with van der Waals surface area (Å²) in [5.41, 5.74) is 0.616. The van der Waals surface area contributed by atoms with Crippen molar-refractivity contribution in [1.82, 2.24) is 15.3 Å². The number of hydrogen-bond donors (Lipinski definition) is 3. The summed E-state index contributed by atoms with van der Waals surface area (Å²) < 4.78 is 14.7. The van der Waals surface area contributed by atoms with Crippen LogP contribution < -0.4 is 15.7 Å². The summed E-state index contributed by atoms with van der Waals surface area (Å²) in [4.78, 5) is 64.6. The summed E-state index contributed by atoms with van der Waals surface area (Å²) in [6.45, 7) is 6.03. The first-order valence-electron chi connectivity index (χ1n) is 8.93. The minimum Gasteiger partial charge on any atom is -0.465 e. The van der Waals surface area contributed by atoms with Crippen molar-refractivity contribution in [3.05, 3.63) is 40.8 Å². The van der Waals surface area contributed by atoms with E-state index >= 15 is 0 Å². The molecule has 0 aliphatic heterocycles. The Morgan fingerprint density at radius 1 is 1.10 bits per heavy atom. The lowest BCUT2D eigenvalue weighted by molar-refractivity contribution is -0.160. The molecule has 0 radical (unpaired) electrons. The molecule has 2 rings (SSSR count). The largest absolute Gasteiger partial charge is 0.465 e. The van der Waals surface area contributed by atoms with E-state index in [9.17, 15) is 24.0 Å². The summed E-state index contributed by atoms with van der Waals surface area (Å²) in [7, 11) is 0. The van der Waals surface area contributed by atoms with E-state index in [2.05, 4.69) is 21.9 Å². The molecule has 11 heteroatoms. The molecule has 1 heterocycles. The molecule has 0 saturated carbocycles. The third-order valence-electron chi connectivity index (χ3n) is 3.71. The van der Waals surface area contributed by atoms with Gasteiger partial charge < -0.3 is 29.5 Å². The van der Waals surface area contributed by atoms with Crippen molar-refractivity contribution in [2.24, 2.45) is 5.92 Å². The molecule has 1 atom stereocenters. The number of hydrogen-bond acceptors (Lipinski definition) is 8. The molecule has 30 heavy (non-hydrogen) atoms. The molecule has 1 aromatic carbocycles. The van der Waals surface area contributed by atoms with Crippen LogP contribution in [-0.4, -0.2) is 53.5 Å². The molecule has 0 aliphatic carbocycles. The van der Waals surface area contributed by atoms with Crippen LogP contribution in [0.4, 0.5) is 0 Å². The lowest BCUT2D eigenvalue weighted by atomic mass is 10.1. The van der Waals surface area contributed by atoms with Crippen LogP contribution >= 0.6 is 0 Å². The molecule has 0 fully saturated rings. The Labute approximate surface area is 170 Å². The Morgan fingerprint density at radius 2 is 1.80 bits per heavy atom. The minimum absolute atomic E-state index is 0.0141. The van der Waals surface area contributed by atoms with Crippen LogP contribution in [0, 0.1) is 5.92 Å². The number of imidazole rings is 1. The summed E-state index contributed by atoms with van der Waals surface area (Å²) in [5.74, 6) is -5.73. The van der Waals surface area contributed by atoms with Gasteiger partial charge >= 0.3 is 23.6 Å². The molecule has 11 nitrogen and oxygen atoms in total. The highest BCUT2D eigenvalue weighted by Crippen LogP contribution is 2.18. The summed E-state index contributed by atoms with van der Waals surface area (Å²) in [5, 5.41) is 2.32. The van der Waals surface area contributed by atoms with Gasteiger partial charge in [0.1, 0.15) is 12.4 Å². The number of carbonyl (C=O) groups is 4. The molecule has 0 spiro atoms. The van der Waals surface area contributed by atoms with Gasteiger partial charge in [-0.05, 0) is 26.0 Å². The maximum Gasteiger partial charge on any atom is 0.335 e. The maximum absolute atomic E-state index is 12.5. The van der Waals surface area contributed by atoms with Crippen LogP contribution in [0.25, 0.3) is 11.0 Å². The maximum atomic E-state index is 12.5. The average Bonchev–Trinajstić information content (AvgIpc) is 3.04. The van der Waals surface area contributed by atoms with Crippen LogP contribution in [0.5, 0.6) is 5.75 Å². The average molecular weight is 419 g/mol. The van der Waals surface area contributed by atoms with E-state index in [4.69, 9.17) is 14.2 Å². The zero-order valence-corrected chi connectivity index (χ0v) is 16.4. The Bertz CT molecular complexity index is 1040. The van der Waals surface area contributed by atoms with E-state index in [1.165, 1.54) is 32.0 Å². The van der Waals surface area contributed by atoms with Gasteiger partial charge in [0.25, 0.3) is 0 Å². The number of benzene rings is 1. The summed E-state index contributed by atoms with van der Waals surface area (Å²) in [6, 6.07) is 4.24. The van der Waals surface area contributed by atoms with Gasteiger partial charge in [0.05, 0.1) is 24.2 Å². The molecular weight excluding hydrogens is 398 g/mol. The predicted octanol–water partition coefficient (Wildman–Crippen LogP) is 0.176. The van der Waals surface area contributed by atoms with Crippen molar-refractivity contribution in [1.29, 1.82) is 0 Å². The van der Waals surface area contributed by atoms with Crippen LogP contribution in [0.2, 0.25) is 0 Å². The molecule has 3 N–H and O–H groups in total. The number of ether oxygens (including phenoxy) is 3. The van der Waals surface area contributed by atoms with E-state index < -0.39 is 35.4 Å². The molecule has 0 saturated heterocycles. The second-order valence-corrected chi connectivity index (χ2v) is 6.10. The minimum atomic E-state index is -1.89. The monoisotopic (exact) mass is 419 g/mol. The van der Waals surface area contributed by atoms with Gasteiger partial charge in [-0.2, -0.15) is 0 Å². The number of aromatic nitrogens is 2. The van der Waals surface area contributed by atoms with E-state index in [1.54, 1.807) is 0 Å². The molecule has 1 unspecified atom stereocenters. The van der Waals surface area contributed by atoms with Crippen molar-refractivity contribution in [3.8, 4) is 5.75 Å². The lowest BCUT2D eigenvalue weighted by Gasteiger charge is -2.15. The highest BCUT2D eigenvalue weighted by atomic mass is 16.6. The van der Waals surface area contributed by atoms with Crippen LogP contribution in [0.1, 0.15) is 13.8 Å². The van der Waals surface area contributed by atoms with Crippen molar-refractivity contribution < 1.29 is 33.4 Å². The van der Waals surface area contributed by atoms with Crippen LogP contribution in [0.15, 0.2) is 35.1 Å². The second kappa shape index (κ2) is 10.0. The first-order valence-corrected chi connectivity index (χ1v) is 8.93. The fourth-order valence-corrected chi connectivity index (χ4v) is 2.33. The van der Waals surface area contributed by atoms with Crippen molar-refractivity contribution >= 4 is 34.8 Å². The number of fused-ring (bicyclic) bond motifs is 1. The number of carbonyl (C=O) groups excluding carboxylic acids is 4. The first-order chi connectivity index (χ1) is 14.2. The highest BCUT2D eigenvalue weighted by Gasteiger charge is 2.37. The third-order valence-corrected chi connectivity index (χ3v) is 3.71. The second-order valence-electron chi connectivity index (χ2n) is 6.10. The third kappa shape index (κ3) is 5.80. The van der Waals surface area contributed by atoms with Gasteiger partial charge in [0.15, 0.2) is 0 Å². The van der Waals surface area contributed by atoms with Gasteiger partial charge in [0.2, 0.25) is 11.8 Å². The lowest BCUT2D eigenvalue weighted by Crippen LogP contribution is -2.44. The normalized spacial score (nSPS) is 11.4. The predicted molar refractivity (Wildman–Crippen MR) is 103 cm³/mol. The number of amides is 1. The fraction of sp³-hybridized carbons (Fsp3) is 0.316. The fourth-order valence-electron chi connectivity index (χ4n) is 2.33. The van der Waals surface area contributed by atoms with E-state index in [-0.39, 0.29) is 31.1 Å². The van der Waals surface area contributed by atoms with E-state index in [0.717, 1.165) is 0 Å². The van der Waals surface area contributed by atoms with Gasteiger partial charge in [-0.1, -0.05) is 6.58 Å². The van der Waals surface area contributed by atoms with Crippen molar-refractivity contribution in [2.45, 2.75) is 13.8 Å². The Hall–Kier alpha value is -3.89. The Morgan fingerprint density at radius 3 is 2.47 bits per heavy atom. The molecule has 0 aliphatic rings. The van der Waals surface area contributed by atoms with E-state index in [1.807, 2.05) is 0 Å². The molecule has 1 amide bonds. The standard InChI is InChI=1S/C19H21N3O8/c1-4-28-17(25)14(15(23)20-7-8-29-16(24)10(2)3)18(26)30-11-5-6-12-13(9-11)22-19(27)21-12/h5-6,9,14H,2,4,7-8H2,1,3H3,(H,20,23)(H2,21,22,27). The van der Waals surface area contributed by atoms with Crippen LogP contribution in [0.3, 0.4) is 0 Å². The smallest absolute Gasteiger partial charge is 0.335 e. The van der Waals surface area contributed by atoms with Gasteiger partial charge in [-0.3, -0.25) is 14.4 Å². The van der Waals surface area contributed by atoms with Gasteiger partial charge in [-0.15, -0.1) is 0 Å². The zero-order chi connectivity index (χ0) is 22.3. The Balaban J connectivity index is 2.06. The molecule has 2 aromatic rings. The first kappa shape index (κ1) is 22.4. The molecule has 1 aromatic heterocycles. The number of esters is 3. The highest BCUT2D eigenvalue weighted by molar-refractivity contribution is 6.14. The number of H-pyrrole nitrogens is 2.